The van der Waals surface area contributed by atoms with Crippen molar-refractivity contribution in [1.82, 2.24) is 9.88 Å². The highest BCUT2D eigenvalue weighted by Crippen LogP contribution is 2.17. The van der Waals surface area contributed by atoms with E-state index in [2.05, 4.69) is 34.1 Å². The Morgan fingerprint density at radius 2 is 2.16 bits per heavy atom. The number of likely N-dealkylation sites (tertiary alicyclic amines) is 1. The SMILES string of the molecule is NC1CCCN(CCc2cccc3cccnc23)C1. The van der Waals surface area contributed by atoms with Gasteiger partial charge in [0.15, 0.2) is 0 Å². The fraction of sp³-hybridized carbons (Fsp3) is 0.438. The number of piperidine rings is 1. The molecule has 0 amide bonds. The molecular formula is C16H21N3. The van der Waals surface area contributed by atoms with Crippen LogP contribution in [-0.2, 0) is 6.42 Å². The lowest BCUT2D eigenvalue weighted by Crippen LogP contribution is -2.43. The van der Waals surface area contributed by atoms with E-state index >= 15 is 0 Å². The minimum Gasteiger partial charge on any atom is -0.327 e. The zero-order valence-corrected chi connectivity index (χ0v) is 11.3. The molecule has 2 heterocycles. The molecular weight excluding hydrogens is 234 g/mol. The molecule has 2 N–H and O–H groups in total. The minimum absolute atomic E-state index is 0.361. The smallest absolute Gasteiger partial charge is 0.0734 e. The van der Waals surface area contributed by atoms with Crippen LogP contribution < -0.4 is 5.73 Å². The highest BCUT2D eigenvalue weighted by Gasteiger charge is 2.16. The molecule has 2 aromatic rings. The third-order valence-corrected chi connectivity index (χ3v) is 3.96. The van der Waals surface area contributed by atoms with Gasteiger partial charge >= 0.3 is 0 Å². The van der Waals surface area contributed by atoms with Crippen molar-refractivity contribution >= 4 is 10.9 Å². The maximum Gasteiger partial charge on any atom is 0.0734 e. The second kappa shape index (κ2) is 5.68. The van der Waals surface area contributed by atoms with Crippen LogP contribution in [-0.4, -0.2) is 35.6 Å². The molecule has 1 fully saturated rings. The Morgan fingerprint density at radius 1 is 1.26 bits per heavy atom. The molecule has 3 nitrogen and oxygen atoms in total. The van der Waals surface area contributed by atoms with Crippen LogP contribution in [0.5, 0.6) is 0 Å². The Labute approximate surface area is 114 Å². The van der Waals surface area contributed by atoms with Gasteiger partial charge in [-0.05, 0) is 37.4 Å². The highest BCUT2D eigenvalue weighted by molar-refractivity contribution is 5.81. The molecule has 0 bridgehead atoms. The van der Waals surface area contributed by atoms with Crippen molar-refractivity contribution in [1.29, 1.82) is 0 Å². The lowest BCUT2D eigenvalue weighted by atomic mass is 10.0. The number of rotatable bonds is 3. The van der Waals surface area contributed by atoms with Crippen LogP contribution in [0.1, 0.15) is 18.4 Å². The van der Waals surface area contributed by atoms with Gasteiger partial charge in [-0.2, -0.15) is 0 Å². The molecule has 0 radical (unpaired) electrons. The highest BCUT2D eigenvalue weighted by atomic mass is 15.1. The molecule has 1 aliphatic heterocycles. The van der Waals surface area contributed by atoms with Crippen molar-refractivity contribution in [3.05, 3.63) is 42.1 Å². The molecule has 3 rings (SSSR count). The molecule has 3 heteroatoms. The molecule has 1 atom stereocenters. The average molecular weight is 255 g/mol. The van der Waals surface area contributed by atoms with Crippen LogP contribution >= 0.6 is 0 Å². The number of nitrogens with zero attached hydrogens (tertiary/aromatic N) is 2. The average Bonchev–Trinajstić information content (AvgIpc) is 2.45. The van der Waals surface area contributed by atoms with Gasteiger partial charge in [-0.25, -0.2) is 0 Å². The summed E-state index contributed by atoms with van der Waals surface area (Å²) in [5.41, 5.74) is 8.52. The third kappa shape index (κ3) is 2.94. The lowest BCUT2D eigenvalue weighted by molar-refractivity contribution is 0.211. The Hall–Kier alpha value is -1.45. The summed E-state index contributed by atoms with van der Waals surface area (Å²) in [6.07, 6.45) is 5.34. The van der Waals surface area contributed by atoms with Gasteiger partial charge in [0.2, 0.25) is 0 Å². The van der Waals surface area contributed by atoms with Gasteiger partial charge in [0.1, 0.15) is 0 Å². The maximum atomic E-state index is 6.03. The fourth-order valence-electron chi connectivity index (χ4n) is 2.94. The van der Waals surface area contributed by atoms with Crippen LogP contribution in [0.15, 0.2) is 36.5 Å². The quantitative estimate of drug-likeness (QED) is 0.914. The second-order valence-electron chi connectivity index (χ2n) is 5.45. The zero-order valence-electron chi connectivity index (χ0n) is 11.3. The summed E-state index contributed by atoms with van der Waals surface area (Å²) >= 11 is 0. The van der Waals surface area contributed by atoms with E-state index < -0.39 is 0 Å². The topological polar surface area (TPSA) is 42.1 Å². The van der Waals surface area contributed by atoms with E-state index in [1.807, 2.05) is 12.3 Å². The monoisotopic (exact) mass is 255 g/mol. The summed E-state index contributed by atoms with van der Waals surface area (Å²) in [7, 11) is 0. The van der Waals surface area contributed by atoms with Gasteiger partial charge in [0, 0.05) is 30.7 Å². The minimum atomic E-state index is 0.361. The predicted molar refractivity (Wildman–Crippen MR) is 79.1 cm³/mol. The molecule has 1 saturated heterocycles. The van der Waals surface area contributed by atoms with Crippen LogP contribution in [0.4, 0.5) is 0 Å². The van der Waals surface area contributed by atoms with Gasteiger partial charge in [-0.15, -0.1) is 0 Å². The third-order valence-electron chi connectivity index (χ3n) is 3.96. The lowest BCUT2D eigenvalue weighted by Gasteiger charge is -2.30. The normalized spacial score (nSPS) is 20.8. The number of hydrogen-bond acceptors (Lipinski definition) is 3. The first kappa shape index (κ1) is 12.6. The van der Waals surface area contributed by atoms with E-state index in [0.29, 0.717) is 6.04 Å². The summed E-state index contributed by atoms with van der Waals surface area (Å²) in [6.45, 7) is 3.31. The second-order valence-corrected chi connectivity index (χ2v) is 5.45. The maximum absolute atomic E-state index is 6.03. The standard InChI is InChI=1S/C16H21N3/c17-15-7-3-10-19(12-15)11-8-14-5-1-4-13-6-2-9-18-16(13)14/h1-2,4-6,9,15H,3,7-8,10-12,17H2. The number of benzene rings is 1. The first-order valence-corrected chi connectivity index (χ1v) is 7.13. The van der Waals surface area contributed by atoms with Crippen LogP contribution in [0.25, 0.3) is 10.9 Å². The Morgan fingerprint density at radius 3 is 3.05 bits per heavy atom. The van der Waals surface area contributed by atoms with Crippen molar-refractivity contribution in [2.75, 3.05) is 19.6 Å². The Bertz CT molecular complexity index is 547. The van der Waals surface area contributed by atoms with Crippen molar-refractivity contribution in [2.45, 2.75) is 25.3 Å². The number of fused-ring (bicyclic) bond motifs is 1. The van der Waals surface area contributed by atoms with E-state index in [4.69, 9.17) is 5.73 Å². The summed E-state index contributed by atoms with van der Waals surface area (Å²) < 4.78 is 0. The van der Waals surface area contributed by atoms with Gasteiger partial charge in [0.05, 0.1) is 5.52 Å². The van der Waals surface area contributed by atoms with Crippen molar-refractivity contribution in [3.8, 4) is 0 Å². The molecule has 1 unspecified atom stereocenters. The summed E-state index contributed by atoms with van der Waals surface area (Å²) in [6, 6.07) is 10.9. The number of pyridine rings is 1. The molecule has 1 aromatic carbocycles. The number of para-hydroxylation sites is 1. The Kier molecular flexibility index (Phi) is 3.76. The van der Waals surface area contributed by atoms with Gasteiger partial charge in [-0.1, -0.05) is 24.3 Å². The first-order valence-electron chi connectivity index (χ1n) is 7.13. The van der Waals surface area contributed by atoms with Crippen LogP contribution in [0, 0.1) is 0 Å². The van der Waals surface area contributed by atoms with Crippen LogP contribution in [0.3, 0.4) is 0 Å². The largest absolute Gasteiger partial charge is 0.327 e. The summed E-state index contributed by atoms with van der Waals surface area (Å²) in [4.78, 5) is 7.00. The van der Waals surface area contributed by atoms with Gasteiger partial charge < -0.3 is 10.6 Å². The summed E-state index contributed by atoms with van der Waals surface area (Å²) in [5.74, 6) is 0. The zero-order chi connectivity index (χ0) is 13.1. The van der Waals surface area contributed by atoms with Crippen LogP contribution in [0.2, 0.25) is 0 Å². The molecule has 1 aromatic heterocycles. The number of hydrogen-bond donors (Lipinski definition) is 1. The first-order chi connectivity index (χ1) is 9.33. The predicted octanol–water partition coefficient (Wildman–Crippen LogP) is 2.20. The molecule has 19 heavy (non-hydrogen) atoms. The van der Waals surface area contributed by atoms with Crippen molar-refractivity contribution in [3.63, 3.8) is 0 Å². The van der Waals surface area contributed by atoms with Crippen molar-refractivity contribution < 1.29 is 0 Å². The molecule has 100 valence electrons. The number of aromatic nitrogens is 1. The molecule has 0 aliphatic carbocycles. The molecule has 0 spiro atoms. The van der Waals surface area contributed by atoms with E-state index in [0.717, 1.165) is 25.0 Å². The van der Waals surface area contributed by atoms with E-state index in [-0.39, 0.29) is 0 Å². The fourth-order valence-corrected chi connectivity index (χ4v) is 2.94. The van der Waals surface area contributed by atoms with E-state index in [9.17, 15) is 0 Å². The van der Waals surface area contributed by atoms with Gasteiger partial charge in [0.25, 0.3) is 0 Å². The van der Waals surface area contributed by atoms with E-state index in [1.165, 1.54) is 30.3 Å². The molecule has 0 saturated carbocycles. The Balaban J connectivity index is 1.71. The van der Waals surface area contributed by atoms with E-state index in [1.54, 1.807) is 0 Å². The van der Waals surface area contributed by atoms with Crippen molar-refractivity contribution in [2.24, 2.45) is 5.73 Å². The number of nitrogens with two attached hydrogens (primary N) is 1. The van der Waals surface area contributed by atoms with Gasteiger partial charge in [-0.3, -0.25) is 4.98 Å². The molecule has 1 aliphatic rings. The summed E-state index contributed by atoms with van der Waals surface area (Å²) in [5, 5.41) is 1.23.